The smallest absolute Gasteiger partial charge is 0.165 e. The Morgan fingerprint density at radius 2 is 1.59 bits per heavy atom. The van der Waals surface area contributed by atoms with Gasteiger partial charge in [0.25, 0.3) is 0 Å². The van der Waals surface area contributed by atoms with Crippen LogP contribution in [-0.2, 0) is 6.42 Å². The molecule has 0 aliphatic carbocycles. The maximum atomic E-state index is 10.2. The van der Waals surface area contributed by atoms with Crippen LogP contribution in [0.5, 0.6) is 5.75 Å². The number of aromatic nitrogens is 1. The Labute approximate surface area is 201 Å². The summed E-state index contributed by atoms with van der Waals surface area (Å²) in [5.74, 6) is 0.308. The van der Waals surface area contributed by atoms with Gasteiger partial charge in [-0.2, -0.15) is 0 Å². The molecule has 0 bridgehead atoms. The first kappa shape index (κ1) is 22.5. The molecule has 4 aromatic rings. The molecule has 3 nitrogen and oxygen atoms in total. The van der Waals surface area contributed by atoms with Crippen LogP contribution in [0.15, 0.2) is 85.3 Å². The summed E-state index contributed by atoms with van der Waals surface area (Å²) in [6.07, 6.45) is 2.20. The predicted molar refractivity (Wildman–Crippen MR) is 133 cm³/mol. The second kappa shape index (κ2) is 9.83. The molecular weight excluding hydrogens is 465 g/mol. The number of aliphatic hydroxyl groups excluding tert-OH is 1. The number of hydrogen-bond acceptors (Lipinski definition) is 3. The second-order valence-corrected chi connectivity index (χ2v) is 8.66. The van der Waals surface area contributed by atoms with E-state index < -0.39 is 6.10 Å². The monoisotopic (exact) mass is 483 g/mol. The van der Waals surface area contributed by atoms with Crippen LogP contribution in [0.1, 0.15) is 12.0 Å². The van der Waals surface area contributed by atoms with Gasteiger partial charge in [0.2, 0.25) is 0 Å². The zero-order valence-electron chi connectivity index (χ0n) is 17.1. The van der Waals surface area contributed by atoms with Crippen molar-refractivity contribution < 1.29 is 9.84 Å². The van der Waals surface area contributed by atoms with Crippen LogP contribution in [0.25, 0.3) is 22.0 Å². The summed E-state index contributed by atoms with van der Waals surface area (Å²) in [5, 5.41) is 12.4. The van der Waals surface area contributed by atoms with Gasteiger partial charge in [0.15, 0.2) is 11.9 Å². The zero-order valence-corrected chi connectivity index (χ0v) is 19.3. The fraction of sp³-hybridized carbons (Fsp3) is 0.115. The lowest BCUT2D eigenvalue weighted by Crippen LogP contribution is -2.20. The van der Waals surface area contributed by atoms with Crippen LogP contribution in [0.2, 0.25) is 15.1 Å². The van der Waals surface area contributed by atoms with E-state index in [4.69, 9.17) is 39.5 Å². The molecule has 0 spiro atoms. The normalized spacial score (nSPS) is 12.0. The molecule has 1 atom stereocenters. The van der Waals surface area contributed by atoms with Gasteiger partial charge in [-0.05, 0) is 59.9 Å². The molecule has 0 fully saturated rings. The molecule has 0 radical (unpaired) electrons. The Morgan fingerprint density at radius 1 is 0.938 bits per heavy atom. The highest BCUT2D eigenvalue weighted by molar-refractivity contribution is 6.39. The minimum Gasteiger partial charge on any atom is -0.509 e. The fourth-order valence-corrected chi connectivity index (χ4v) is 4.19. The van der Waals surface area contributed by atoms with Crippen molar-refractivity contribution in [1.29, 1.82) is 0 Å². The molecule has 1 N–H and O–H groups in total. The van der Waals surface area contributed by atoms with Crippen LogP contribution >= 0.6 is 34.8 Å². The molecule has 1 heterocycles. The van der Waals surface area contributed by atoms with Crippen molar-refractivity contribution in [3.8, 4) is 16.9 Å². The van der Waals surface area contributed by atoms with E-state index in [-0.39, 0.29) is 5.76 Å². The summed E-state index contributed by atoms with van der Waals surface area (Å²) in [7, 11) is 0. The summed E-state index contributed by atoms with van der Waals surface area (Å²) >= 11 is 18.6. The van der Waals surface area contributed by atoms with Gasteiger partial charge in [0.1, 0.15) is 11.3 Å². The molecule has 162 valence electrons. The van der Waals surface area contributed by atoms with Gasteiger partial charge >= 0.3 is 0 Å². The van der Waals surface area contributed by atoms with E-state index in [0.29, 0.717) is 39.2 Å². The van der Waals surface area contributed by atoms with Gasteiger partial charge < -0.3 is 9.84 Å². The lowest BCUT2D eigenvalue weighted by molar-refractivity contribution is 0.170. The molecule has 0 saturated heterocycles. The standard InChI is InChI=1S/C26H20Cl3NO2/c1-16(31)24(32-26-23(29)15-22(28)21-3-2-14-30-25(21)26)13-6-17-4-7-18(8-5-17)19-9-11-20(27)12-10-19/h2-5,7-12,14-15,24,31H,1,6,13H2. The summed E-state index contributed by atoms with van der Waals surface area (Å²) in [6, 6.07) is 21.2. The quantitative estimate of drug-likeness (QED) is 0.268. The van der Waals surface area contributed by atoms with E-state index in [9.17, 15) is 5.11 Å². The first-order chi connectivity index (χ1) is 15.4. The summed E-state index contributed by atoms with van der Waals surface area (Å²) in [4.78, 5) is 4.36. The van der Waals surface area contributed by atoms with E-state index in [1.54, 1.807) is 18.3 Å². The number of aliphatic hydroxyl groups is 1. The third kappa shape index (κ3) is 5.02. The number of fused-ring (bicyclic) bond motifs is 1. The Balaban J connectivity index is 1.50. The van der Waals surface area contributed by atoms with Crippen molar-refractivity contribution in [1.82, 2.24) is 4.98 Å². The van der Waals surface area contributed by atoms with Crippen LogP contribution in [0.3, 0.4) is 0 Å². The molecule has 0 aliphatic rings. The van der Waals surface area contributed by atoms with E-state index in [2.05, 4.69) is 35.8 Å². The number of aryl methyl sites for hydroxylation is 1. The number of ether oxygens (including phenoxy) is 1. The highest BCUT2D eigenvalue weighted by atomic mass is 35.5. The first-order valence-corrected chi connectivity index (χ1v) is 11.2. The third-order valence-electron chi connectivity index (χ3n) is 5.21. The van der Waals surface area contributed by atoms with Crippen molar-refractivity contribution >= 4 is 45.7 Å². The number of rotatable bonds is 7. The fourth-order valence-electron chi connectivity index (χ4n) is 3.50. The SMILES string of the molecule is C=C(O)C(CCc1ccc(-c2ccc(Cl)cc2)cc1)Oc1c(Cl)cc(Cl)c2cccnc12. The minimum atomic E-state index is -0.644. The van der Waals surface area contributed by atoms with Crippen molar-refractivity contribution in [2.45, 2.75) is 18.9 Å². The largest absolute Gasteiger partial charge is 0.509 e. The average Bonchev–Trinajstić information content (AvgIpc) is 2.79. The van der Waals surface area contributed by atoms with Gasteiger partial charge in [-0.1, -0.05) is 77.8 Å². The maximum Gasteiger partial charge on any atom is 0.165 e. The highest BCUT2D eigenvalue weighted by Gasteiger charge is 2.20. The number of pyridine rings is 1. The Kier molecular flexibility index (Phi) is 6.90. The van der Waals surface area contributed by atoms with Crippen molar-refractivity contribution in [2.75, 3.05) is 0 Å². The van der Waals surface area contributed by atoms with E-state index in [1.165, 1.54) is 0 Å². The van der Waals surface area contributed by atoms with Gasteiger partial charge in [-0.3, -0.25) is 4.98 Å². The second-order valence-electron chi connectivity index (χ2n) is 7.41. The number of nitrogens with zero attached hydrogens (tertiary/aromatic N) is 1. The molecule has 4 rings (SSSR count). The zero-order chi connectivity index (χ0) is 22.7. The average molecular weight is 485 g/mol. The number of halogens is 3. The highest BCUT2D eigenvalue weighted by Crippen LogP contribution is 2.38. The van der Waals surface area contributed by atoms with Crippen LogP contribution in [-0.4, -0.2) is 16.2 Å². The van der Waals surface area contributed by atoms with E-state index >= 15 is 0 Å². The van der Waals surface area contributed by atoms with Crippen molar-refractivity contribution in [3.63, 3.8) is 0 Å². The van der Waals surface area contributed by atoms with Crippen LogP contribution < -0.4 is 4.74 Å². The van der Waals surface area contributed by atoms with E-state index in [1.807, 2.05) is 30.3 Å². The molecular formula is C26H20Cl3NO2. The molecule has 0 aliphatic heterocycles. The van der Waals surface area contributed by atoms with Gasteiger partial charge in [-0.25, -0.2) is 0 Å². The molecule has 32 heavy (non-hydrogen) atoms. The summed E-state index contributed by atoms with van der Waals surface area (Å²) in [6.45, 7) is 3.68. The minimum absolute atomic E-state index is 0.0714. The molecule has 3 aromatic carbocycles. The lowest BCUT2D eigenvalue weighted by atomic mass is 10.0. The van der Waals surface area contributed by atoms with Crippen molar-refractivity contribution in [3.05, 3.63) is 106 Å². The third-order valence-corrected chi connectivity index (χ3v) is 6.05. The van der Waals surface area contributed by atoms with E-state index in [0.717, 1.165) is 22.1 Å². The number of benzene rings is 3. The predicted octanol–water partition coefficient (Wildman–Crippen LogP) is 8.31. The molecule has 0 saturated carbocycles. The summed E-state index contributed by atoms with van der Waals surface area (Å²) in [5.41, 5.74) is 3.87. The Hall–Kier alpha value is -2.72. The number of hydrogen-bond donors (Lipinski definition) is 1. The Morgan fingerprint density at radius 3 is 2.25 bits per heavy atom. The van der Waals surface area contributed by atoms with Gasteiger partial charge in [0.05, 0.1) is 10.0 Å². The molecule has 1 unspecified atom stereocenters. The van der Waals surface area contributed by atoms with Crippen molar-refractivity contribution in [2.24, 2.45) is 0 Å². The summed E-state index contributed by atoms with van der Waals surface area (Å²) < 4.78 is 6.09. The van der Waals surface area contributed by atoms with Gasteiger partial charge in [-0.15, -0.1) is 0 Å². The first-order valence-electron chi connectivity index (χ1n) is 10.0. The topological polar surface area (TPSA) is 42.4 Å². The maximum absolute atomic E-state index is 10.2. The lowest BCUT2D eigenvalue weighted by Gasteiger charge is -2.20. The van der Waals surface area contributed by atoms with Gasteiger partial charge in [0, 0.05) is 16.6 Å². The molecule has 1 aromatic heterocycles. The van der Waals surface area contributed by atoms with Crippen LogP contribution in [0, 0.1) is 0 Å². The van der Waals surface area contributed by atoms with Crippen LogP contribution in [0.4, 0.5) is 0 Å². The Bertz CT molecular complexity index is 1250. The molecule has 0 amide bonds. The molecule has 6 heteroatoms.